The van der Waals surface area contributed by atoms with Crippen molar-refractivity contribution in [1.82, 2.24) is 4.98 Å². The van der Waals surface area contributed by atoms with Crippen molar-refractivity contribution in [1.29, 1.82) is 0 Å². The van der Waals surface area contributed by atoms with Gasteiger partial charge in [-0.15, -0.1) is 0 Å². The second-order valence-corrected chi connectivity index (χ2v) is 15.4. The van der Waals surface area contributed by atoms with E-state index in [1.54, 1.807) is 0 Å². The number of aryl methyl sites for hydroxylation is 4. The lowest BCUT2D eigenvalue weighted by Crippen LogP contribution is -2.07. The first-order valence-electron chi connectivity index (χ1n) is 19.5. The van der Waals surface area contributed by atoms with Crippen molar-refractivity contribution in [3.8, 4) is 44.5 Å². The van der Waals surface area contributed by atoms with Gasteiger partial charge in [0, 0.05) is 22.2 Å². The molecule has 1 aromatic heterocycles. The van der Waals surface area contributed by atoms with E-state index in [1.165, 1.54) is 111 Å². The lowest BCUT2D eigenvalue weighted by atomic mass is 9.84. The molecule has 0 unspecified atom stereocenters. The van der Waals surface area contributed by atoms with E-state index in [9.17, 15) is 0 Å². The van der Waals surface area contributed by atoms with E-state index in [0.29, 0.717) is 0 Å². The maximum absolute atomic E-state index is 4.31. The van der Waals surface area contributed by atoms with Crippen molar-refractivity contribution in [3.05, 3.63) is 226 Å². The van der Waals surface area contributed by atoms with E-state index in [0.717, 1.165) is 0 Å². The van der Waals surface area contributed by atoms with Gasteiger partial charge in [-0.05, 0) is 117 Å². The van der Waals surface area contributed by atoms with Crippen LogP contribution in [0.25, 0.3) is 55.3 Å². The fourth-order valence-electron chi connectivity index (χ4n) is 9.73. The van der Waals surface area contributed by atoms with Gasteiger partial charge in [0.1, 0.15) is 0 Å². The summed E-state index contributed by atoms with van der Waals surface area (Å²) in [5.41, 5.74) is 23.4. The Bertz CT molecular complexity index is 2530. The summed E-state index contributed by atoms with van der Waals surface area (Å²) in [6, 6.07) is 63.3. The molecule has 0 saturated heterocycles. The van der Waals surface area contributed by atoms with Crippen molar-refractivity contribution in [2.24, 2.45) is 0 Å². The van der Waals surface area contributed by atoms with Crippen molar-refractivity contribution < 1.29 is 0 Å². The van der Waals surface area contributed by atoms with Crippen molar-refractivity contribution in [2.45, 2.75) is 39.5 Å². The number of hydrogen-bond donors (Lipinski definition) is 1. The van der Waals surface area contributed by atoms with Gasteiger partial charge in [0.05, 0.1) is 11.8 Å². The molecule has 0 amide bonds. The van der Waals surface area contributed by atoms with Crippen LogP contribution in [0.15, 0.2) is 170 Å². The quantitative estimate of drug-likeness (QED) is 0.177. The lowest BCUT2D eigenvalue weighted by molar-refractivity contribution is 0.898. The van der Waals surface area contributed by atoms with E-state index in [-0.39, 0.29) is 11.8 Å². The molecule has 1 nitrogen and oxygen atoms in total. The molecule has 264 valence electrons. The maximum atomic E-state index is 4.31. The van der Waals surface area contributed by atoms with Crippen LogP contribution in [0.4, 0.5) is 0 Å². The summed E-state index contributed by atoms with van der Waals surface area (Å²) in [6.45, 7) is 9.04. The fourth-order valence-corrected chi connectivity index (χ4v) is 9.73. The highest BCUT2D eigenvalue weighted by atomic mass is 14.8. The fraction of sp³-hybridized carbons (Fsp3) is 0.111. The van der Waals surface area contributed by atoms with Gasteiger partial charge in [-0.3, -0.25) is 0 Å². The van der Waals surface area contributed by atoms with Crippen LogP contribution >= 0.6 is 0 Å². The van der Waals surface area contributed by atoms with Crippen LogP contribution in [0.5, 0.6) is 0 Å². The van der Waals surface area contributed by atoms with Crippen LogP contribution in [0.2, 0.25) is 0 Å². The van der Waals surface area contributed by atoms with Crippen LogP contribution in [-0.4, -0.2) is 4.98 Å². The Morgan fingerprint density at radius 1 is 0.291 bits per heavy atom. The zero-order valence-corrected chi connectivity index (χ0v) is 31.8. The zero-order valence-electron chi connectivity index (χ0n) is 31.8. The van der Waals surface area contributed by atoms with Crippen LogP contribution < -0.4 is 0 Å². The largest absolute Gasteiger partial charge is 0.360 e. The zero-order chi connectivity index (χ0) is 37.2. The molecule has 2 aromatic rings. The molecule has 1 heterocycles. The summed E-state index contributed by atoms with van der Waals surface area (Å²) in [4.78, 5) is 4.31. The Kier molecular flexibility index (Phi) is 7.92. The summed E-state index contributed by atoms with van der Waals surface area (Å²) in [5, 5.41) is 2.53. The smallest absolute Gasteiger partial charge is 0.0509 e. The van der Waals surface area contributed by atoms with E-state index < -0.39 is 0 Å². The Balaban J connectivity index is 1.31. The molecule has 1 aromatic carbocycles. The van der Waals surface area contributed by atoms with Crippen molar-refractivity contribution in [3.63, 3.8) is 0 Å². The number of hydrogen-bond acceptors (Lipinski definition) is 0. The first-order chi connectivity index (χ1) is 27.0. The molecular formula is C54H43N. The Hall–Kier alpha value is -6.44. The molecule has 8 aliphatic carbocycles. The highest BCUT2D eigenvalue weighted by Gasteiger charge is 2.34. The predicted octanol–water partition coefficient (Wildman–Crippen LogP) is 14.2. The minimum absolute atomic E-state index is 0.0385. The number of benzene rings is 1. The summed E-state index contributed by atoms with van der Waals surface area (Å²) in [7, 11) is 0. The maximum Gasteiger partial charge on any atom is 0.0509 e. The summed E-state index contributed by atoms with van der Waals surface area (Å²) < 4.78 is 0. The molecule has 1 N–H and O–H groups in total. The highest BCUT2D eigenvalue weighted by molar-refractivity contribution is 5.94. The van der Waals surface area contributed by atoms with Crippen LogP contribution in [0, 0.1) is 27.7 Å². The van der Waals surface area contributed by atoms with E-state index >= 15 is 0 Å². The molecule has 1 heteroatoms. The average Bonchev–Trinajstić information content (AvgIpc) is 3.67. The molecule has 10 rings (SSSR count). The third kappa shape index (κ3) is 5.29. The van der Waals surface area contributed by atoms with Gasteiger partial charge in [0.25, 0.3) is 0 Å². The molecule has 55 heavy (non-hydrogen) atoms. The second-order valence-electron chi connectivity index (χ2n) is 15.4. The molecule has 0 radical (unpaired) electrons. The molecule has 0 spiro atoms. The lowest BCUT2D eigenvalue weighted by Gasteiger charge is -2.21. The number of aromatic nitrogens is 1. The van der Waals surface area contributed by atoms with Crippen molar-refractivity contribution in [2.75, 3.05) is 0 Å². The number of fused-ring (bicyclic) bond motifs is 5. The van der Waals surface area contributed by atoms with Gasteiger partial charge in [-0.2, -0.15) is 0 Å². The monoisotopic (exact) mass is 705 g/mol. The van der Waals surface area contributed by atoms with Gasteiger partial charge >= 0.3 is 0 Å². The molecule has 0 atom stereocenters. The minimum Gasteiger partial charge on any atom is -0.360 e. The first-order valence-corrected chi connectivity index (χ1v) is 19.5. The highest BCUT2D eigenvalue weighted by Crippen LogP contribution is 2.52. The Morgan fingerprint density at radius 2 is 0.527 bits per heavy atom. The molecule has 0 fully saturated rings. The molecule has 0 saturated carbocycles. The standard InChI is InChI=1S/C54H43N/c1-33-29-47(41-23-13-5-9-19-37(33)41)51(48-30-34(2)38-20-10-6-14-24-42(38)48)53-45-27-17-18-28-46(45)54(55-53)52(49-31-35(3)39-21-11-7-15-25-43(39)49)50-32-36(4)40-22-12-8-16-26-44(40)50/h5-32,51-52,55H,1-4H3. The third-order valence-corrected chi connectivity index (χ3v) is 12.2. The van der Waals surface area contributed by atoms with Crippen molar-refractivity contribution >= 4 is 10.8 Å². The van der Waals surface area contributed by atoms with Crippen LogP contribution in [0.1, 0.15) is 67.7 Å². The van der Waals surface area contributed by atoms with Gasteiger partial charge < -0.3 is 4.98 Å². The van der Waals surface area contributed by atoms with E-state index in [2.05, 4.69) is 203 Å². The van der Waals surface area contributed by atoms with Gasteiger partial charge in [-0.1, -0.05) is 170 Å². The average molecular weight is 706 g/mol. The number of aromatic amines is 1. The summed E-state index contributed by atoms with van der Waals surface area (Å²) in [5.74, 6) is -0.0771. The number of nitrogens with one attached hydrogen (secondary N) is 1. The Labute approximate surface area is 324 Å². The first kappa shape index (κ1) is 33.2. The molecule has 0 bridgehead atoms. The topological polar surface area (TPSA) is 15.8 Å². The predicted molar refractivity (Wildman–Crippen MR) is 231 cm³/mol. The van der Waals surface area contributed by atoms with Crippen LogP contribution in [-0.2, 0) is 0 Å². The van der Waals surface area contributed by atoms with Gasteiger partial charge in [-0.25, -0.2) is 0 Å². The van der Waals surface area contributed by atoms with Gasteiger partial charge in [0.2, 0.25) is 0 Å². The molecule has 8 aliphatic rings. The summed E-state index contributed by atoms with van der Waals surface area (Å²) >= 11 is 0. The van der Waals surface area contributed by atoms with Gasteiger partial charge in [0.15, 0.2) is 0 Å². The third-order valence-electron chi connectivity index (χ3n) is 12.2. The normalized spacial score (nSPS) is 12.0. The van der Waals surface area contributed by atoms with E-state index in [1.807, 2.05) is 0 Å². The second kappa shape index (κ2) is 13.1. The molecule has 0 aliphatic heterocycles. The van der Waals surface area contributed by atoms with Crippen LogP contribution in [0.3, 0.4) is 0 Å². The van der Waals surface area contributed by atoms with E-state index in [4.69, 9.17) is 0 Å². The summed E-state index contributed by atoms with van der Waals surface area (Å²) in [6.07, 6.45) is 0. The minimum atomic E-state index is -0.0385. The number of H-pyrrole nitrogens is 1. The SMILES string of the molecule is Cc1cc(C(c2cc(C)c3cccccc2-3)c2[nH]c(C(c3cc(C)c4cccccc3-4)c3cc(C)c4cccccc3-4)c3ccccc23)c2cccccc1-2. The number of rotatable bonds is 6. The Morgan fingerprint density at radius 3 is 0.800 bits per heavy atom. The molecular weight excluding hydrogens is 663 g/mol.